The maximum atomic E-state index is 12.3. The van der Waals surface area contributed by atoms with Crippen LogP contribution in [0.3, 0.4) is 0 Å². The summed E-state index contributed by atoms with van der Waals surface area (Å²) in [5.74, 6) is 0.619. The molecule has 4 nitrogen and oxygen atoms in total. The molecular weight excluding hydrogens is 330 g/mol. The minimum atomic E-state index is -3.40. The molecule has 1 atom stereocenters. The lowest BCUT2D eigenvalue weighted by molar-refractivity contribution is 0.483. The number of sulfonamides is 1. The topological polar surface area (TPSA) is 59.3 Å². The van der Waals surface area contributed by atoms with Crippen molar-refractivity contribution in [3.63, 3.8) is 0 Å². The van der Waals surface area contributed by atoms with Gasteiger partial charge in [0.2, 0.25) is 10.0 Å². The van der Waals surface area contributed by atoms with E-state index in [1.807, 2.05) is 60.0 Å². The number of hydrogen-bond donors (Lipinski definition) is 1. The molecule has 3 aromatic rings. The van der Waals surface area contributed by atoms with Gasteiger partial charge in [0, 0.05) is 11.4 Å². The highest BCUT2D eigenvalue weighted by atomic mass is 32.2. The van der Waals surface area contributed by atoms with Crippen LogP contribution in [0.25, 0.3) is 0 Å². The van der Waals surface area contributed by atoms with Gasteiger partial charge >= 0.3 is 0 Å². The van der Waals surface area contributed by atoms with Gasteiger partial charge in [-0.15, -0.1) is 11.3 Å². The molecule has 2 heterocycles. The van der Waals surface area contributed by atoms with Gasteiger partial charge in [-0.2, -0.15) is 0 Å². The maximum Gasteiger partial charge on any atom is 0.215 e. The van der Waals surface area contributed by atoms with Gasteiger partial charge in [0.1, 0.15) is 5.76 Å². The Balaban J connectivity index is 1.71. The van der Waals surface area contributed by atoms with Crippen LogP contribution in [-0.2, 0) is 15.8 Å². The summed E-state index contributed by atoms with van der Waals surface area (Å²) in [7, 11) is -3.40. The Morgan fingerprint density at radius 1 is 1.04 bits per heavy atom. The average Bonchev–Trinajstić information content (AvgIpc) is 3.21. The number of hydrogen-bond acceptors (Lipinski definition) is 4. The molecule has 0 aliphatic heterocycles. The third-order valence-corrected chi connectivity index (χ3v) is 5.79. The smallest absolute Gasteiger partial charge is 0.215 e. The van der Waals surface area contributed by atoms with Crippen LogP contribution in [0.4, 0.5) is 0 Å². The Hall–Kier alpha value is -1.89. The van der Waals surface area contributed by atoms with Crippen molar-refractivity contribution >= 4 is 21.4 Å². The Morgan fingerprint density at radius 2 is 1.87 bits per heavy atom. The lowest BCUT2D eigenvalue weighted by Gasteiger charge is -2.14. The molecular formula is C17H17NO3S2. The second-order valence-electron chi connectivity index (χ2n) is 5.18. The van der Waals surface area contributed by atoms with Gasteiger partial charge in [-0.25, -0.2) is 13.1 Å². The first-order chi connectivity index (χ1) is 11.1. The first-order valence-corrected chi connectivity index (χ1v) is 9.75. The molecule has 6 heteroatoms. The van der Waals surface area contributed by atoms with Crippen LogP contribution in [0.15, 0.2) is 70.7 Å². The number of rotatable bonds is 7. The molecule has 0 bridgehead atoms. The Bertz CT molecular complexity index is 776. The van der Waals surface area contributed by atoms with E-state index >= 15 is 0 Å². The zero-order chi connectivity index (χ0) is 16.1. The van der Waals surface area contributed by atoms with Crippen molar-refractivity contribution in [3.8, 4) is 0 Å². The molecule has 2 aromatic heterocycles. The summed E-state index contributed by atoms with van der Waals surface area (Å²) in [5.41, 5.74) is 0.769. The Kier molecular flexibility index (Phi) is 4.95. The van der Waals surface area contributed by atoms with Crippen molar-refractivity contribution in [2.24, 2.45) is 0 Å². The first-order valence-electron chi connectivity index (χ1n) is 7.22. The molecule has 0 fully saturated rings. The van der Waals surface area contributed by atoms with Crippen LogP contribution in [0.1, 0.15) is 22.1 Å². The van der Waals surface area contributed by atoms with Crippen molar-refractivity contribution in [1.82, 2.24) is 4.72 Å². The lowest BCUT2D eigenvalue weighted by atomic mass is 10.1. The largest absolute Gasteiger partial charge is 0.469 e. The second-order valence-corrected chi connectivity index (χ2v) is 7.96. The summed E-state index contributed by atoms with van der Waals surface area (Å²) in [6.45, 7) is 0.281. The SMILES string of the molecule is O=S(=O)(Cc1ccccc1)NC[C@H](c1ccco1)c1cccs1. The molecule has 120 valence electrons. The van der Waals surface area contributed by atoms with E-state index in [2.05, 4.69) is 4.72 Å². The van der Waals surface area contributed by atoms with Crippen molar-refractivity contribution in [2.45, 2.75) is 11.7 Å². The normalized spacial score (nSPS) is 13.0. The molecule has 0 radical (unpaired) electrons. The zero-order valence-corrected chi connectivity index (χ0v) is 14.0. The van der Waals surface area contributed by atoms with Crippen LogP contribution in [-0.4, -0.2) is 15.0 Å². The summed E-state index contributed by atoms with van der Waals surface area (Å²) < 4.78 is 32.8. The quantitative estimate of drug-likeness (QED) is 0.710. The predicted octanol–water partition coefficient (Wildman–Crippen LogP) is 3.59. The van der Waals surface area contributed by atoms with Gasteiger partial charge in [0.15, 0.2) is 0 Å². The molecule has 1 N–H and O–H groups in total. The summed E-state index contributed by atoms with van der Waals surface area (Å²) in [4.78, 5) is 1.07. The van der Waals surface area contributed by atoms with Gasteiger partial charge in [-0.1, -0.05) is 36.4 Å². The monoisotopic (exact) mass is 347 g/mol. The van der Waals surface area contributed by atoms with Crippen molar-refractivity contribution in [1.29, 1.82) is 0 Å². The van der Waals surface area contributed by atoms with E-state index in [1.165, 1.54) is 0 Å². The summed E-state index contributed by atoms with van der Waals surface area (Å²) in [6.07, 6.45) is 1.61. The maximum absolute atomic E-state index is 12.3. The minimum Gasteiger partial charge on any atom is -0.469 e. The zero-order valence-electron chi connectivity index (χ0n) is 12.4. The molecule has 1 aromatic carbocycles. The van der Waals surface area contributed by atoms with Crippen LogP contribution < -0.4 is 4.72 Å². The molecule has 0 aliphatic carbocycles. The second kappa shape index (κ2) is 7.12. The van der Waals surface area contributed by atoms with Crippen molar-refractivity contribution in [2.75, 3.05) is 6.54 Å². The fourth-order valence-electron chi connectivity index (χ4n) is 2.38. The number of benzene rings is 1. The summed E-state index contributed by atoms with van der Waals surface area (Å²) in [6, 6.07) is 16.8. The highest BCUT2D eigenvalue weighted by Gasteiger charge is 2.21. The van der Waals surface area contributed by atoms with Crippen LogP contribution >= 0.6 is 11.3 Å². The van der Waals surface area contributed by atoms with E-state index in [9.17, 15) is 8.42 Å². The van der Waals surface area contributed by atoms with Crippen LogP contribution in [0, 0.1) is 0 Å². The summed E-state index contributed by atoms with van der Waals surface area (Å²) >= 11 is 1.59. The van der Waals surface area contributed by atoms with Gasteiger partial charge in [-0.05, 0) is 29.1 Å². The number of thiophene rings is 1. The van der Waals surface area contributed by atoms with E-state index in [0.717, 1.165) is 16.2 Å². The molecule has 0 saturated carbocycles. The summed E-state index contributed by atoms with van der Waals surface area (Å²) in [5, 5.41) is 1.98. The third-order valence-electron chi connectivity index (χ3n) is 3.48. The molecule has 0 unspecified atom stereocenters. The van der Waals surface area contributed by atoms with E-state index in [1.54, 1.807) is 17.6 Å². The van der Waals surface area contributed by atoms with Gasteiger partial charge < -0.3 is 4.42 Å². The minimum absolute atomic E-state index is 0.0246. The molecule has 0 amide bonds. The third kappa shape index (κ3) is 4.31. The van der Waals surface area contributed by atoms with Gasteiger partial charge in [0.25, 0.3) is 0 Å². The van der Waals surface area contributed by atoms with Crippen molar-refractivity contribution in [3.05, 3.63) is 82.4 Å². The highest BCUT2D eigenvalue weighted by Crippen LogP contribution is 2.28. The number of furan rings is 1. The van der Waals surface area contributed by atoms with Crippen LogP contribution in [0.5, 0.6) is 0 Å². The molecule has 0 spiro atoms. The lowest BCUT2D eigenvalue weighted by Crippen LogP contribution is -2.29. The Morgan fingerprint density at radius 3 is 2.52 bits per heavy atom. The molecule has 23 heavy (non-hydrogen) atoms. The van der Waals surface area contributed by atoms with E-state index < -0.39 is 10.0 Å². The van der Waals surface area contributed by atoms with Crippen molar-refractivity contribution < 1.29 is 12.8 Å². The van der Waals surface area contributed by atoms with Crippen LogP contribution in [0.2, 0.25) is 0 Å². The fraction of sp³-hybridized carbons (Fsp3) is 0.176. The van der Waals surface area contributed by atoms with E-state index in [0.29, 0.717) is 0 Å². The average molecular weight is 347 g/mol. The van der Waals surface area contributed by atoms with Gasteiger partial charge in [0.05, 0.1) is 17.9 Å². The van der Waals surface area contributed by atoms with E-state index in [-0.39, 0.29) is 18.2 Å². The van der Waals surface area contributed by atoms with E-state index in [4.69, 9.17) is 4.42 Å². The fourth-order valence-corrected chi connectivity index (χ4v) is 4.36. The molecule has 0 aliphatic rings. The standard InChI is InChI=1S/C17H17NO3S2/c19-23(20,13-14-6-2-1-3-7-14)18-12-15(16-8-4-10-21-16)17-9-5-11-22-17/h1-11,15,18H,12-13H2/t15-/m1/s1. The first kappa shape index (κ1) is 16.0. The van der Waals surface area contributed by atoms with Gasteiger partial charge in [-0.3, -0.25) is 0 Å². The molecule has 3 rings (SSSR count). The predicted molar refractivity (Wildman–Crippen MR) is 91.9 cm³/mol. The molecule has 0 saturated heterocycles. The Labute approximate surface area is 139 Å². The number of nitrogens with one attached hydrogen (secondary N) is 1. The highest BCUT2D eigenvalue weighted by molar-refractivity contribution is 7.88.